The maximum absolute atomic E-state index is 12.9. The van der Waals surface area contributed by atoms with Crippen molar-refractivity contribution in [2.75, 3.05) is 26.0 Å². The highest BCUT2D eigenvalue weighted by Gasteiger charge is 2.22. The molecule has 2 aromatic heterocycles. The minimum absolute atomic E-state index is 0.0412. The van der Waals surface area contributed by atoms with Crippen molar-refractivity contribution in [1.82, 2.24) is 19.4 Å². The number of hydrogen-bond donors (Lipinski definition) is 1. The number of aromatic nitrogens is 3. The molecule has 33 heavy (non-hydrogen) atoms. The number of hydrogen-bond acceptors (Lipinski definition) is 5. The highest BCUT2D eigenvalue weighted by Crippen LogP contribution is 2.29. The van der Waals surface area contributed by atoms with Crippen LogP contribution >= 0.6 is 11.8 Å². The van der Waals surface area contributed by atoms with Crippen molar-refractivity contribution >= 4 is 34.5 Å². The molecule has 0 unspecified atom stereocenters. The van der Waals surface area contributed by atoms with Crippen LogP contribution < -0.4 is 4.74 Å². The second kappa shape index (κ2) is 9.15. The van der Waals surface area contributed by atoms with E-state index in [0.29, 0.717) is 11.3 Å². The number of ether oxygens (including phenoxy) is 1. The number of imidazole rings is 1. The molecule has 0 spiro atoms. The van der Waals surface area contributed by atoms with Crippen molar-refractivity contribution in [1.29, 1.82) is 0 Å². The number of amides is 1. The predicted octanol–water partition coefficient (Wildman–Crippen LogP) is 4.57. The fourth-order valence-electron chi connectivity index (χ4n) is 4.06. The second-order valence-corrected chi connectivity index (χ2v) is 8.87. The summed E-state index contributed by atoms with van der Waals surface area (Å²) in [7, 11) is 1.64. The summed E-state index contributed by atoms with van der Waals surface area (Å²) in [6.45, 7) is 1.55. The van der Waals surface area contributed by atoms with Crippen molar-refractivity contribution in [3.8, 4) is 11.4 Å². The molecule has 0 bridgehead atoms. The van der Waals surface area contributed by atoms with Crippen LogP contribution in [0.15, 0.2) is 66.0 Å². The Morgan fingerprint density at radius 1 is 1.09 bits per heavy atom. The van der Waals surface area contributed by atoms with E-state index in [1.165, 1.54) is 11.8 Å². The molecule has 2 aromatic carbocycles. The zero-order chi connectivity index (χ0) is 22.8. The molecule has 1 aliphatic rings. The van der Waals surface area contributed by atoms with Gasteiger partial charge in [-0.3, -0.25) is 14.2 Å². The molecule has 1 saturated heterocycles. The van der Waals surface area contributed by atoms with Crippen molar-refractivity contribution in [2.24, 2.45) is 0 Å². The SMILES string of the molecule is COc1ccc(-n2c(SCC(=O)c3c[nH]c(C(=O)N4CCCC4)c3)nc3ccccc32)cc1. The first-order chi connectivity index (χ1) is 16.1. The average Bonchev–Trinajstić information content (AvgIpc) is 3.62. The number of nitrogens with one attached hydrogen (secondary N) is 1. The molecule has 1 aliphatic heterocycles. The van der Waals surface area contributed by atoms with Gasteiger partial charge in [0.05, 0.1) is 23.9 Å². The lowest BCUT2D eigenvalue weighted by atomic mass is 10.2. The largest absolute Gasteiger partial charge is 0.497 e. The Bertz CT molecular complexity index is 1300. The summed E-state index contributed by atoms with van der Waals surface area (Å²) in [6.07, 6.45) is 3.69. The lowest BCUT2D eigenvalue weighted by Crippen LogP contribution is -2.27. The van der Waals surface area contributed by atoms with Gasteiger partial charge in [-0.05, 0) is 55.3 Å². The molecule has 5 rings (SSSR count). The Balaban J connectivity index is 1.36. The van der Waals surface area contributed by atoms with Gasteiger partial charge in [-0.15, -0.1) is 0 Å². The molecule has 3 heterocycles. The number of aromatic amines is 1. The van der Waals surface area contributed by atoms with Gasteiger partial charge in [-0.1, -0.05) is 23.9 Å². The monoisotopic (exact) mass is 460 g/mol. The predicted molar refractivity (Wildman–Crippen MR) is 129 cm³/mol. The quantitative estimate of drug-likeness (QED) is 0.323. The third-order valence-electron chi connectivity index (χ3n) is 5.82. The first-order valence-corrected chi connectivity index (χ1v) is 11.9. The third-order valence-corrected chi connectivity index (χ3v) is 6.76. The van der Waals surface area contributed by atoms with Crippen LogP contribution in [0.2, 0.25) is 0 Å². The van der Waals surface area contributed by atoms with E-state index in [4.69, 9.17) is 9.72 Å². The van der Waals surface area contributed by atoms with Gasteiger partial charge in [0.2, 0.25) is 0 Å². The van der Waals surface area contributed by atoms with Gasteiger partial charge in [0.1, 0.15) is 11.4 Å². The molecule has 0 saturated carbocycles. The van der Waals surface area contributed by atoms with E-state index >= 15 is 0 Å². The molecular weight excluding hydrogens is 436 g/mol. The van der Waals surface area contributed by atoms with E-state index in [1.807, 2.05) is 58.0 Å². The number of Topliss-reactive ketones (excluding diaryl/α,β-unsaturated/α-hetero) is 1. The molecule has 168 valence electrons. The highest BCUT2D eigenvalue weighted by atomic mass is 32.2. The molecular formula is C25H24N4O3S. The van der Waals surface area contributed by atoms with E-state index in [-0.39, 0.29) is 17.4 Å². The van der Waals surface area contributed by atoms with E-state index < -0.39 is 0 Å². The summed E-state index contributed by atoms with van der Waals surface area (Å²) >= 11 is 1.39. The van der Waals surface area contributed by atoms with E-state index in [0.717, 1.165) is 53.6 Å². The van der Waals surface area contributed by atoms with Gasteiger partial charge in [0.25, 0.3) is 5.91 Å². The summed E-state index contributed by atoms with van der Waals surface area (Å²) in [6, 6.07) is 17.3. The number of carbonyl (C=O) groups is 2. The fourth-order valence-corrected chi connectivity index (χ4v) is 4.99. The molecule has 7 nitrogen and oxygen atoms in total. The van der Waals surface area contributed by atoms with Gasteiger partial charge in [-0.25, -0.2) is 4.98 Å². The smallest absolute Gasteiger partial charge is 0.270 e. The van der Waals surface area contributed by atoms with Gasteiger partial charge in [0, 0.05) is 30.5 Å². The van der Waals surface area contributed by atoms with E-state index in [1.54, 1.807) is 19.4 Å². The molecule has 1 amide bonds. The number of likely N-dealkylation sites (tertiary alicyclic amines) is 1. The van der Waals surface area contributed by atoms with Crippen LogP contribution in [0.25, 0.3) is 16.7 Å². The summed E-state index contributed by atoms with van der Waals surface area (Å²) in [5, 5.41) is 0.735. The third kappa shape index (κ3) is 4.26. The minimum atomic E-state index is -0.0509. The van der Waals surface area contributed by atoms with E-state index in [2.05, 4.69) is 4.98 Å². The zero-order valence-electron chi connectivity index (χ0n) is 18.3. The summed E-state index contributed by atoms with van der Waals surface area (Å²) < 4.78 is 7.33. The van der Waals surface area contributed by atoms with Gasteiger partial charge >= 0.3 is 0 Å². The van der Waals surface area contributed by atoms with Gasteiger partial charge in [0.15, 0.2) is 10.9 Å². The Labute approximate surface area is 195 Å². The Hall–Kier alpha value is -3.52. The number of para-hydroxylation sites is 2. The fraction of sp³-hybridized carbons (Fsp3) is 0.240. The lowest BCUT2D eigenvalue weighted by molar-refractivity contribution is 0.0787. The number of nitrogens with zero attached hydrogens (tertiary/aromatic N) is 3. The number of rotatable bonds is 7. The number of ketones is 1. The number of thioether (sulfide) groups is 1. The van der Waals surface area contributed by atoms with Crippen LogP contribution in [0.3, 0.4) is 0 Å². The maximum atomic E-state index is 12.9. The Kier molecular flexibility index (Phi) is 5.92. The molecule has 0 radical (unpaired) electrons. The average molecular weight is 461 g/mol. The molecule has 1 N–H and O–H groups in total. The number of benzene rings is 2. The highest BCUT2D eigenvalue weighted by molar-refractivity contribution is 7.99. The molecule has 0 aliphatic carbocycles. The standard InChI is InChI=1S/C25H24N4O3S/c1-32-19-10-8-18(9-11-19)29-22-7-3-2-6-20(22)27-25(29)33-16-23(30)17-14-21(26-15-17)24(31)28-12-4-5-13-28/h2-3,6-11,14-15,26H,4-5,12-13,16H2,1H3. The first-order valence-electron chi connectivity index (χ1n) is 10.9. The van der Waals surface area contributed by atoms with Crippen molar-refractivity contribution < 1.29 is 14.3 Å². The summed E-state index contributed by atoms with van der Waals surface area (Å²) in [5.74, 6) is 0.902. The van der Waals surface area contributed by atoms with E-state index in [9.17, 15) is 9.59 Å². The van der Waals surface area contributed by atoms with Crippen LogP contribution in [0, 0.1) is 0 Å². The van der Waals surface area contributed by atoms with Crippen LogP contribution in [-0.2, 0) is 0 Å². The summed E-state index contributed by atoms with van der Waals surface area (Å²) in [5.41, 5.74) is 3.76. The second-order valence-electron chi connectivity index (χ2n) is 7.93. The molecule has 8 heteroatoms. The number of methoxy groups -OCH3 is 1. The van der Waals surface area contributed by atoms with Crippen LogP contribution in [0.1, 0.15) is 33.7 Å². The lowest BCUT2D eigenvalue weighted by Gasteiger charge is -2.13. The molecule has 4 aromatic rings. The summed E-state index contributed by atoms with van der Waals surface area (Å²) in [4.78, 5) is 35.0. The molecule has 0 atom stereocenters. The topological polar surface area (TPSA) is 80.2 Å². The normalized spacial score (nSPS) is 13.5. The van der Waals surface area contributed by atoms with Crippen LogP contribution in [-0.4, -0.2) is 57.1 Å². The van der Waals surface area contributed by atoms with Gasteiger partial charge in [-0.2, -0.15) is 0 Å². The number of H-pyrrole nitrogens is 1. The Morgan fingerprint density at radius 2 is 1.85 bits per heavy atom. The van der Waals surface area contributed by atoms with Crippen molar-refractivity contribution in [3.63, 3.8) is 0 Å². The first kappa shape index (κ1) is 21.3. The van der Waals surface area contributed by atoms with Crippen LogP contribution in [0.5, 0.6) is 5.75 Å². The number of fused-ring (bicyclic) bond motifs is 1. The number of carbonyl (C=O) groups excluding carboxylic acids is 2. The van der Waals surface area contributed by atoms with Crippen molar-refractivity contribution in [2.45, 2.75) is 18.0 Å². The zero-order valence-corrected chi connectivity index (χ0v) is 19.1. The minimum Gasteiger partial charge on any atom is -0.497 e. The van der Waals surface area contributed by atoms with Crippen molar-refractivity contribution in [3.05, 3.63) is 72.1 Å². The Morgan fingerprint density at radius 3 is 2.61 bits per heavy atom. The van der Waals surface area contributed by atoms with Crippen LogP contribution in [0.4, 0.5) is 0 Å². The van der Waals surface area contributed by atoms with Gasteiger partial charge < -0.3 is 14.6 Å². The maximum Gasteiger partial charge on any atom is 0.270 e. The molecule has 1 fully saturated rings.